The van der Waals surface area contributed by atoms with Crippen LogP contribution in [0.4, 0.5) is 5.82 Å². The van der Waals surface area contributed by atoms with Crippen LogP contribution in [-0.2, 0) is 0 Å². The Hall–Kier alpha value is -3.18. The number of anilines is 1. The highest BCUT2D eigenvalue weighted by Crippen LogP contribution is 2.31. The first-order valence-corrected chi connectivity index (χ1v) is 11.1. The standard InChI is InChI=1S/C27H34N4O/c1-6-19(17-28-3)25-13-14-26(30-27(25)29-23-11-12-24(32)16-23)22-10-8-9-21(15-22)20(7-2)18-31(4)5/h6-10,13-15,17-18,23-24,32H,2,11-12,16H2,1,3-5H3,(H,29,30)/b19-6+,20-18+,28-17-/t23?,24-/m0/s1. The number of nitrogens with zero attached hydrogens (tertiary/aromatic N) is 3. The molecule has 1 aliphatic rings. The van der Waals surface area contributed by atoms with Crippen molar-refractivity contribution in [3.05, 3.63) is 72.5 Å². The average molecular weight is 431 g/mol. The maximum absolute atomic E-state index is 9.98. The van der Waals surface area contributed by atoms with Gasteiger partial charge in [-0.2, -0.15) is 0 Å². The fourth-order valence-corrected chi connectivity index (χ4v) is 4.07. The molecule has 1 aliphatic carbocycles. The number of pyridine rings is 1. The minimum Gasteiger partial charge on any atom is -0.393 e. The van der Waals surface area contributed by atoms with E-state index in [-0.39, 0.29) is 12.1 Å². The van der Waals surface area contributed by atoms with E-state index in [1.807, 2.05) is 44.3 Å². The second-order valence-electron chi connectivity index (χ2n) is 8.37. The van der Waals surface area contributed by atoms with Gasteiger partial charge in [-0.25, -0.2) is 4.98 Å². The summed E-state index contributed by atoms with van der Waals surface area (Å²) in [6, 6.07) is 12.7. The van der Waals surface area contributed by atoms with Crippen molar-refractivity contribution in [3.8, 4) is 11.3 Å². The third kappa shape index (κ3) is 5.74. The number of aliphatic hydroxyl groups excluding tert-OH is 1. The van der Waals surface area contributed by atoms with Crippen LogP contribution >= 0.6 is 0 Å². The Bertz CT molecular complexity index is 1040. The van der Waals surface area contributed by atoms with Crippen molar-refractivity contribution in [2.45, 2.75) is 38.3 Å². The number of aliphatic imine (C=N–C) groups is 1. The molecular formula is C27H34N4O. The largest absolute Gasteiger partial charge is 0.393 e. The summed E-state index contributed by atoms with van der Waals surface area (Å²) in [7, 11) is 5.78. The molecule has 168 valence electrons. The summed E-state index contributed by atoms with van der Waals surface area (Å²) < 4.78 is 0. The summed E-state index contributed by atoms with van der Waals surface area (Å²) >= 11 is 0. The molecule has 0 radical (unpaired) electrons. The Kier molecular flexibility index (Phi) is 8.01. The molecule has 1 fully saturated rings. The highest BCUT2D eigenvalue weighted by Gasteiger charge is 2.24. The summed E-state index contributed by atoms with van der Waals surface area (Å²) in [5.74, 6) is 0.827. The molecule has 3 rings (SSSR count). The van der Waals surface area contributed by atoms with Crippen LogP contribution in [-0.4, -0.2) is 54.5 Å². The number of aliphatic hydroxyl groups is 1. The lowest BCUT2D eigenvalue weighted by atomic mass is 10.0. The monoisotopic (exact) mass is 430 g/mol. The normalized spacial score (nSPS) is 19.4. The van der Waals surface area contributed by atoms with Gasteiger partial charge in [0.15, 0.2) is 0 Å². The third-order valence-electron chi connectivity index (χ3n) is 5.64. The smallest absolute Gasteiger partial charge is 0.134 e. The van der Waals surface area contributed by atoms with E-state index in [2.05, 4.69) is 59.5 Å². The van der Waals surface area contributed by atoms with E-state index < -0.39 is 0 Å². The number of rotatable bonds is 8. The zero-order chi connectivity index (χ0) is 23.1. The summed E-state index contributed by atoms with van der Waals surface area (Å²) in [6.45, 7) is 5.97. The van der Waals surface area contributed by atoms with E-state index in [9.17, 15) is 5.11 Å². The number of allylic oxidation sites excluding steroid dienone is 4. The zero-order valence-corrected chi connectivity index (χ0v) is 19.5. The Morgan fingerprint density at radius 3 is 2.66 bits per heavy atom. The molecule has 2 N–H and O–H groups in total. The second-order valence-corrected chi connectivity index (χ2v) is 8.37. The van der Waals surface area contributed by atoms with Crippen LogP contribution < -0.4 is 5.32 Å². The first-order chi connectivity index (χ1) is 15.4. The number of benzene rings is 1. The Balaban J connectivity index is 2.03. The van der Waals surface area contributed by atoms with Crippen LogP contribution in [0.1, 0.15) is 37.3 Å². The number of hydrogen-bond acceptors (Lipinski definition) is 5. The quantitative estimate of drug-likeness (QED) is 0.443. The van der Waals surface area contributed by atoms with Crippen molar-refractivity contribution >= 4 is 23.2 Å². The minimum absolute atomic E-state index is 0.213. The molecule has 0 spiro atoms. The van der Waals surface area contributed by atoms with E-state index in [1.165, 1.54) is 0 Å². The maximum Gasteiger partial charge on any atom is 0.134 e. The molecule has 5 heteroatoms. The Morgan fingerprint density at radius 1 is 1.22 bits per heavy atom. The summed E-state index contributed by atoms with van der Waals surface area (Å²) in [5, 5.41) is 13.6. The topological polar surface area (TPSA) is 60.8 Å². The van der Waals surface area contributed by atoms with Crippen LogP contribution in [0.2, 0.25) is 0 Å². The number of aromatic nitrogens is 1. The zero-order valence-electron chi connectivity index (χ0n) is 19.5. The van der Waals surface area contributed by atoms with Gasteiger partial charge in [-0.05, 0) is 61.1 Å². The van der Waals surface area contributed by atoms with Gasteiger partial charge in [-0.15, -0.1) is 0 Å². The highest BCUT2D eigenvalue weighted by atomic mass is 16.3. The van der Waals surface area contributed by atoms with Crippen LogP contribution in [0.15, 0.2) is 66.3 Å². The lowest BCUT2D eigenvalue weighted by molar-refractivity contribution is 0.182. The number of nitrogens with one attached hydrogen (secondary N) is 1. The summed E-state index contributed by atoms with van der Waals surface area (Å²) in [5.41, 5.74) is 6.12. The van der Waals surface area contributed by atoms with Gasteiger partial charge in [0.25, 0.3) is 0 Å². The SMILES string of the molecule is C=C/C(=C\N(C)C)c1cccc(-c2ccc(C(/C=N\C)=C/C)c(NC3CC[C@H](O)C3)n2)c1. The van der Waals surface area contributed by atoms with Crippen molar-refractivity contribution in [2.24, 2.45) is 4.99 Å². The third-order valence-corrected chi connectivity index (χ3v) is 5.64. The Labute approximate surface area is 191 Å². The fourth-order valence-electron chi connectivity index (χ4n) is 4.07. The van der Waals surface area contributed by atoms with Gasteiger partial charge < -0.3 is 15.3 Å². The van der Waals surface area contributed by atoms with Gasteiger partial charge in [-0.1, -0.05) is 36.9 Å². The maximum atomic E-state index is 9.98. The molecule has 1 heterocycles. The van der Waals surface area contributed by atoms with Crippen LogP contribution in [0, 0.1) is 0 Å². The molecule has 2 aromatic rings. The molecule has 1 aromatic carbocycles. The van der Waals surface area contributed by atoms with Crippen molar-refractivity contribution in [3.63, 3.8) is 0 Å². The molecular weight excluding hydrogens is 396 g/mol. The fraction of sp³-hybridized carbons (Fsp3) is 0.333. The van der Waals surface area contributed by atoms with Gasteiger partial charge in [0.05, 0.1) is 11.8 Å². The van der Waals surface area contributed by atoms with Gasteiger partial charge in [-0.3, -0.25) is 4.99 Å². The lowest BCUT2D eigenvalue weighted by Gasteiger charge is -2.18. The van der Waals surface area contributed by atoms with E-state index in [1.54, 1.807) is 7.05 Å². The van der Waals surface area contributed by atoms with E-state index >= 15 is 0 Å². The van der Waals surface area contributed by atoms with E-state index in [0.29, 0.717) is 0 Å². The molecule has 2 atom stereocenters. The first kappa shape index (κ1) is 23.5. The Morgan fingerprint density at radius 2 is 2.03 bits per heavy atom. The predicted octanol–water partition coefficient (Wildman–Crippen LogP) is 5.27. The average Bonchev–Trinajstić information content (AvgIpc) is 3.20. The molecule has 1 saturated carbocycles. The van der Waals surface area contributed by atoms with Gasteiger partial charge in [0.2, 0.25) is 0 Å². The predicted molar refractivity (Wildman–Crippen MR) is 137 cm³/mol. The lowest BCUT2D eigenvalue weighted by Crippen LogP contribution is -2.18. The van der Waals surface area contributed by atoms with Crippen molar-refractivity contribution in [2.75, 3.05) is 26.5 Å². The van der Waals surface area contributed by atoms with Crippen LogP contribution in [0.3, 0.4) is 0 Å². The van der Waals surface area contributed by atoms with Gasteiger partial charge in [0.1, 0.15) is 5.82 Å². The van der Waals surface area contributed by atoms with E-state index in [4.69, 9.17) is 4.98 Å². The summed E-state index contributed by atoms with van der Waals surface area (Å²) in [4.78, 5) is 11.2. The highest BCUT2D eigenvalue weighted by molar-refractivity contribution is 6.11. The molecule has 1 aromatic heterocycles. The van der Waals surface area contributed by atoms with Gasteiger partial charge in [0, 0.05) is 50.7 Å². The molecule has 0 bridgehead atoms. The first-order valence-electron chi connectivity index (χ1n) is 11.1. The van der Waals surface area contributed by atoms with Crippen molar-refractivity contribution in [1.82, 2.24) is 9.88 Å². The second kappa shape index (κ2) is 10.9. The van der Waals surface area contributed by atoms with Gasteiger partial charge >= 0.3 is 0 Å². The van der Waals surface area contributed by atoms with Crippen LogP contribution in [0.25, 0.3) is 22.4 Å². The molecule has 0 amide bonds. The number of hydrogen-bond donors (Lipinski definition) is 2. The molecule has 5 nitrogen and oxygen atoms in total. The van der Waals surface area contributed by atoms with E-state index in [0.717, 1.165) is 58.6 Å². The molecule has 0 saturated heterocycles. The van der Waals surface area contributed by atoms with Crippen LogP contribution in [0.5, 0.6) is 0 Å². The summed E-state index contributed by atoms with van der Waals surface area (Å²) in [6.07, 6.45) is 10.1. The molecule has 1 unspecified atom stereocenters. The molecule has 32 heavy (non-hydrogen) atoms. The van der Waals surface area contributed by atoms with Crippen molar-refractivity contribution < 1.29 is 5.11 Å². The minimum atomic E-state index is -0.241. The van der Waals surface area contributed by atoms with Crippen molar-refractivity contribution in [1.29, 1.82) is 0 Å². The molecule has 0 aliphatic heterocycles.